The lowest BCUT2D eigenvalue weighted by molar-refractivity contribution is -0.173. The lowest BCUT2D eigenvalue weighted by Crippen LogP contribution is -2.35. The number of nitrogens with zero attached hydrogens (tertiary/aromatic N) is 2. The van der Waals surface area contributed by atoms with Gasteiger partial charge in [0.1, 0.15) is 5.82 Å². The van der Waals surface area contributed by atoms with E-state index in [1.807, 2.05) is 0 Å². The molecule has 5 rings (SSSR count). The van der Waals surface area contributed by atoms with Crippen molar-refractivity contribution in [3.63, 3.8) is 0 Å². The maximum absolute atomic E-state index is 14.0. The monoisotopic (exact) mass is 501 g/mol. The van der Waals surface area contributed by atoms with Gasteiger partial charge >= 0.3 is 6.18 Å². The molecule has 0 fully saturated rings. The summed E-state index contributed by atoms with van der Waals surface area (Å²) in [6.45, 7) is 3.21. The standard InChI is InChI=1S/C24H22F3N5O4/c1-12-3-5-15(8-16(12)28-13(2)33)29-23(34)18-10-22-30-17(9-21(24(25,26)27)32(22)31-18)14-4-6-19-20(7-14)36-11-35-19/h3-8,10,17,21,30H,9,11H2,1-2H3,(H,28,33)(H,29,34). The zero-order valence-corrected chi connectivity index (χ0v) is 19.3. The highest BCUT2D eigenvalue weighted by Gasteiger charge is 2.47. The molecule has 36 heavy (non-hydrogen) atoms. The number of halogens is 3. The maximum Gasteiger partial charge on any atom is 0.410 e. The Labute approximate surface area is 203 Å². The van der Waals surface area contributed by atoms with Crippen LogP contribution < -0.4 is 25.4 Å². The number of hydrogen-bond acceptors (Lipinski definition) is 6. The van der Waals surface area contributed by atoms with Crippen molar-refractivity contribution >= 4 is 29.0 Å². The van der Waals surface area contributed by atoms with E-state index in [0.29, 0.717) is 28.4 Å². The number of aryl methyl sites for hydroxylation is 1. The van der Waals surface area contributed by atoms with Crippen LogP contribution in [0.15, 0.2) is 42.5 Å². The van der Waals surface area contributed by atoms with Gasteiger partial charge in [0, 0.05) is 30.8 Å². The summed E-state index contributed by atoms with van der Waals surface area (Å²) in [4.78, 5) is 24.3. The molecule has 12 heteroatoms. The summed E-state index contributed by atoms with van der Waals surface area (Å²) in [5.74, 6) is 0.109. The minimum absolute atomic E-state index is 0.0561. The molecule has 0 aliphatic carbocycles. The predicted molar refractivity (Wildman–Crippen MR) is 124 cm³/mol. The largest absolute Gasteiger partial charge is 0.454 e. The second kappa shape index (κ2) is 8.77. The molecule has 3 N–H and O–H groups in total. The summed E-state index contributed by atoms with van der Waals surface area (Å²) in [5.41, 5.74) is 2.07. The SMILES string of the molecule is CC(=O)Nc1cc(NC(=O)c2cc3n(n2)C(C(F)(F)F)CC(c2ccc4c(c2)OCO4)N3)ccc1C. The molecule has 3 heterocycles. The molecule has 0 saturated heterocycles. The molecule has 3 aromatic rings. The zero-order chi connectivity index (χ0) is 25.6. The summed E-state index contributed by atoms with van der Waals surface area (Å²) in [7, 11) is 0. The molecule has 2 aliphatic rings. The minimum Gasteiger partial charge on any atom is -0.454 e. The fourth-order valence-electron chi connectivity index (χ4n) is 4.25. The summed E-state index contributed by atoms with van der Waals surface area (Å²) >= 11 is 0. The van der Waals surface area contributed by atoms with Crippen LogP contribution in [0, 0.1) is 6.92 Å². The van der Waals surface area contributed by atoms with Gasteiger partial charge in [0.15, 0.2) is 23.2 Å². The number of amides is 2. The van der Waals surface area contributed by atoms with Crippen LogP contribution in [0.25, 0.3) is 0 Å². The van der Waals surface area contributed by atoms with E-state index in [4.69, 9.17) is 9.47 Å². The summed E-state index contributed by atoms with van der Waals surface area (Å²) < 4.78 is 53.5. The molecule has 2 aliphatic heterocycles. The van der Waals surface area contributed by atoms with Gasteiger partial charge < -0.3 is 25.4 Å². The van der Waals surface area contributed by atoms with Gasteiger partial charge in [0.25, 0.3) is 5.91 Å². The minimum atomic E-state index is -4.59. The van der Waals surface area contributed by atoms with Crippen molar-refractivity contribution in [2.45, 2.75) is 38.5 Å². The van der Waals surface area contributed by atoms with E-state index >= 15 is 0 Å². The summed E-state index contributed by atoms with van der Waals surface area (Å²) in [5, 5.41) is 12.3. The van der Waals surface area contributed by atoms with Gasteiger partial charge in [0.05, 0.1) is 6.04 Å². The number of hydrogen-bond donors (Lipinski definition) is 3. The highest BCUT2D eigenvalue weighted by molar-refractivity contribution is 6.04. The third kappa shape index (κ3) is 4.53. The topological polar surface area (TPSA) is 107 Å². The molecule has 2 aromatic carbocycles. The third-order valence-corrected chi connectivity index (χ3v) is 6.03. The van der Waals surface area contributed by atoms with Crippen molar-refractivity contribution < 1.29 is 32.2 Å². The van der Waals surface area contributed by atoms with Crippen LogP contribution >= 0.6 is 0 Å². The smallest absolute Gasteiger partial charge is 0.410 e. The lowest BCUT2D eigenvalue weighted by atomic mass is 9.96. The van der Waals surface area contributed by atoms with Crippen LogP contribution in [0.1, 0.15) is 47.0 Å². The first-order chi connectivity index (χ1) is 17.1. The van der Waals surface area contributed by atoms with E-state index in [9.17, 15) is 22.8 Å². The number of aromatic nitrogens is 2. The molecule has 2 amide bonds. The molecule has 188 valence electrons. The Hall–Kier alpha value is -4.22. The van der Waals surface area contributed by atoms with Crippen LogP contribution in [0.4, 0.5) is 30.4 Å². The van der Waals surface area contributed by atoms with Crippen LogP contribution in [0.3, 0.4) is 0 Å². The second-order valence-corrected chi connectivity index (χ2v) is 8.63. The van der Waals surface area contributed by atoms with Gasteiger partial charge in [-0.05, 0) is 42.3 Å². The Morgan fingerprint density at radius 2 is 1.86 bits per heavy atom. The number of fused-ring (bicyclic) bond motifs is 2. The number of anilines is 3. The van der Waals surface area contributed by atoms with Gasteiger partial charge in [-0.2, -0.15) is 18.3 Å². The van der Waals surface area contributed by atoms with Gasteiger partial charge in [-0.3, -0.25) is 9.59 Å². The lowest BCUT2D eigenvalue weighted by Gasteiger charge is -2.33. The Kier molecular flexibility index (Phi) is 5.73. The van der Waals surface area contributed by atoms with Gasteiger partial charge in [0.2, 0.25) is 12.7 Å². The first-order valence-electron chi connectivity index (χ1n) is 11.1. The maximum atomic E-state index is 14.0. The molecule has 0 radical (unpaired) electrons. The molecule has 2 atom stereocenters. The number of nitrogens with one attached hydrogen (secondary N) is 3. The highest BCUT2D eigenvalue weighted by atomic mass is 19.4. The van der Waals surface area contributed by atoms with Crippen LogP contribution in [-0.2, 0) is 4.79 Å². The van der Waals surface area contributed by atoms with Crippen molar-refractivity contribution in [1.29, 1.82) is 0 Å². The first kappa shape index (κ1) is 23.5. The van der Waals surface area contributed by atoms with Crippen LogP contribution in [-0.4, -0.2) is 34.6 Å². The zero-order valence-electron chi connectivity index (χ0n) is 19.3. The molecular formula is C24H22F3N5O4. The highest BCUT2D eigenvalue weighted by Crippen LogP contribution is 2.45. The van der Waals surface area contributed by atoms with Gasteiger partial charge in [-0.15, -0.1) is 0 Å². The van der Waals surface area contributed by atoms with E-state index in [1.54, 1.807) is 43.3 Å². The van der Waals surface area contributed by atoms with E-state index in [2.05, 4.69) is 21.0 Å². The average molecular weight is 501 g/mol. The Morgan fingerprint density at radius 1 is 1.08 bits per heavy atom. The van der Waals surface area contributed by atoms with Crippen molar-refractivity contribution in [3.05, 3.63) is 59.3 Å². The normalized spacial score (nSPS) is 18.2. The van der Waals surface area contributed by atoms with E-state index in [0.717, 1.165) is 10.2 Å². The van der Waals surface area contributed by atoms with E-state index < -0.39 is 24.2 Å². The summed E-state index contributed by atoms with van der Waals surface area (Å²) in [6.07, 6.45) is -4.91. The Balaban J connectivity index is 1.41. The van der Waals surface area contributed by atoms with Gasteiger partial charge in [-0.25, -0.2) is 4.68 Å². The molecule has 0 bridgehead atoms. The molecule has 2 unspecified atom stereocenters. The molecule has 9 nitrogen and oxygen atoms in total. The van der Waals surface area contributed by atoms with E-state index in [1.165, 1.54) is 13.0 Å². The van der Waals surface area contributed by atoms with Crippen molar-refractivity contribution in [2.75, 3.05) is 22.7 Å². The number of carbonyl (C=O) groups excluding carboxylic acids is 2. The fraction of sp³-hybridized carbons (Fsp3) is 0.292. The number of rotatable bonds is 4. The number of ether oxygens (including phenoxy) is 2. The average Bonchev–Trinajstić information content (AvgIpc) is 3.46. The molecular weight excluding hydrogens is 479 g/mol. The Bertz CT molecular complexity index is 1350. The Morgan fingerprint density at radius 3 is 2.61 bits per heavy atom. The quantitative estimate of drug-likeness (QED) is 0.475. The first-order valence-corrected chi connectivity index (χ1v) is 11.1. The predicted octanol–water partition coefficient (Wildman–Crippen LogP) is 4.79. The third-order valence-electron chi connectivity index (χ3n) is 6.03. The molecule has 0 saturated carbocycles. The molecule has 1 aromatic heterocycles. The number of benzene rings is 2. The fourth-order valence-corrected chi connectivity index (χ4v) is 4.25. The van der Waals surface area contributed by atoms with Crippen molar-refractivity contribution in [1.82, 2.24) is 9.78 Å². The molecule has 0 spiro atoms. The second-order valence-electron chi connectivity index (χ2n) is 8.63. The van der Waals surface area contributed by atoms with E-state index in [-0.39, 0.29) is 30.6 Å². The van der Waals surface area contributed by atoms with Crippen LogP contribution in [0.2, 0.25) is 0 Å². The van der Waals surface area contributed by atoms with Crippen molar-refractivity contribution in [3.8, 4) is 11.5 Å². The number of alkyl halides is 3. The summed E-state index contributed by atoms with van der Waals surface area (Å²) in [6, 6.07) is 8.55. The van der Waals surface area contributed by atoms with Crippen LogP contribution in [0.5, 0.6) is 11.5 Å². The van der Waals surface area contributed by atoms with Crippen molar-refractivity contribution in [2.24, 2.45) is 0 Å². The van der Waals surface area contributed by atoms with Gasteiger partial charge in [-0.1, -0.05) is 12.1 Å². The number of carbonyl (C=O) groups is 2.